The van der Waals surface area contributed by atoms with Crippen molar-refractivity contribution in [2.45, 2.75) is 12.1 Å². The van der Waals surface area contributed by atoms with Gasteiger partial charge in [-0.15, -0.1) is 0 Å². The van der Waals surface area contributed by atoms with Gasteiger partial charge in [0.25, 0.3) is 5.91 Å². The fourth-order valence-corrected chi connectivity index (χ4v) is 4.86. The SMILES string of the molecule is O=C(Oc1ccc([C@@H]2[C@H]3C(=O)N(c4ccccc4)C(=O)[C@@H]3ON2c2ccccc2)cc1)c1ccccc1. The van der Waals surface area contributed by atoms with Crippen molar-refractivity contribution in [2.75, 3.05) is 9.96 Å². The van der Waals surface area contributed by atoms with Gasteiger partial charge in [-0.3, -0.25) is 14.4 Å². The first-order valence-electron chi connectivity index (χ1n) is 11.9. The molecule has 0 saturated carbocycles. The average Bonchev–Trinajstić information content (AvgIpc) is 3.46. The predicted octanol–water partition coefficient (Wildman–Crippen LogP) is 4.96. The number of ether oxygens (including phenoxy) is 1. The van der Waals surface area contributed by atoms with Crippen LogP contribution >= 0.6 is 0 Å². The van der Waals surface area contributed by atoms with E-state index in [0.717, 1.165) is 11.3 Å². The number of rotatable bonds is 5. The molecule has 0 spiro atoms. The number of carbonyl (C=O) groups is 3. The molecule has 2 saturated heterocycles. The van der Waals surface area contributed by atoms with Crippen molar-refractivity contribution in [3.05, 3.63) is 126 Å². The van der Waals surface area contributed by atoms with Crippen LogP contribution in [0.5, 0.6) is 5.75 Å². The quantitative estimate of drug-likeness (QED) is 0.224. The van der Waals surface area contributed by atoms with Crippen molar-refractivity contribution >= 4 is 29.2 Å². The molecule has 4 aromatic rings. The van der Waals surface area contributed by atoms with Crippen LogP contribution in [0.4, 0.5) is 11.4 Å². The zero-order chi connectivity index (χ0) is 25.4. The number of fused-ring (bicyclic) bond motifs is 1. The van der Waals surface area contributed by atoms with E-state index < -0.39 is 29.9 Å². The van der Waals surface area contributed by atoms with Gasteiger partial charge in [0.15, 0.2) is 6.10 Å². The first kappa shape index (κ1) is 22.7. The molecule has 6 rings (SSSR count). The van der Waals surface area contributed by atoms with Crippen molar-refractivity contribution in [3.63, 3.8) is 0 Å². The van der Waals surface area contributed by atoms with Crippen LogP contribution < -0.4 is 14.7 Å². The Bertz CT molecular complexity index is 1440. The van der Waals surface area contributed by atoms with Crippen LogP contribution in [-0.2, 0) is 14.4 Å². The molecule has 182 valence electrons. The lowest BCUT2D eigenvalue weighted by atomic mass is 9.90. The molecule has 2 fully saturated rings. The summed E-state index contributed by atoms with van der Waals surface area (Å²) in [6, 6.07) is 33.4. The largest absolute Gasteiger partial charge is 0.423 e. The van der Waals surface area contributed by atoms with Crippen LogP contribution in [0.1, 0.15) is 22.0 Å². The van der Waals surface area contributed by atoms with E-state index in [1.54, 1.807) is 77.9 Å². The van der Waals surface area contributed by atoms with Gasteiger partial charge >= 0.3 is 5.97 Å². The monoisotopic (exact) mass is 490 g/mol. The molecular formula is C30H22N2O5. The second-order valence-corrected chi connectivity index (χ2v) is 8.83. The Balaban J connectivity index is 1.33. The van der Waals surface area contributed by atoms with Crippen LogP contribution in [0, 0.1) is 5.92 Å². The number of hydroxylamine groups is 1. The number of para-hydroxylation sites is 2. The molecule has 4 aromatic carbocycles. The van der Waals surface area contributed by atoms with Crippen molar-refractivity contribution in [1.29, 1.82) is 0 Å². The number of benzene rings is 4. The van der Waals surface area contributed by atoms with Crippen LogP contribution in [0.3, 0.4) is 0 Å². The average molecular weight is 491 g/mol. The summed E-state index contributed by atoms with van der Waals surface area (Å²) in [4.78, 5) is 46.8. The molecule has 2 heterocycles. The number of esters is 1. The van der Waals surface area contributed by atoms with E-state index in [9.17, 15) is 14.4 Å². The molecule has 0 aliphatic carbocycles. The molecular weight excluding hydrogens is 468 g/mol. The first-order chi connectivity index (χ1) is 18.1. The lowest BCUT2D eigenvalue weighted by Crippen LogP contribution is -2.37. The molecule has 0 radical (unpaired) electrons. The maximum absolute atomic E-state index is 13.7. The Kier molecular flexibility index (Phi) is 5.75. The van der Waals surface area contributed by atoms with Crippen molar-refractivity contribution < 1.29 is 24.0 Å². The van der Waals surface area contributed by atoms with Gasteiger partial charge in [-0.1, -0.05) is 66.7 Å². The fraction of sp³-hybridized carbons (Fsp3) is 0.100. The normalized spacial score (nSPS) is 20.7. The van der Waals surface area contributed by atoms with Crippen LogP contribution in [0.25, 0.3) is 0 Å². The van der Waals surface area contributed by atoms with E-state index in [1.807, 2.05) is 42.5 Å². The number of carbonyl (C=O) groups excluding carboxylic acids is 3. The van der Waals surface area contributed by atoms with Crippen molar-refractivity contribution in [2.24, 2.45) is 5.92 Å². The second-order valence-electron chi connectivity index (χ2n) is 8.83. The molecule has 7 nitrogen and oxygen atoms in total. The molecule has 2 aliphatic rings. The molecule has 7 heteroatoms. The highest BCUT2D eigenvalue weighted by Crippen LogP contribution is 2.47. The summed E-state index contributed by atoms with van der Waals surface area (Å²) in [6.07, 6.45) is -0.950. The van der Waals surface area contributed by atoms with Crippen LogP contribution in [0.15, 0.2) is 115 Å². The molecule has 37 heavy (non-hydrogen) atoms. The van der Waals surface area contributed by atoms with E-state index in [-0.39, 0.29) is 5.91 Å². The molecule has 0 N–H and O–H groups in total. The fourth-order valence-electron chi connectivity index (χ4n) is 4.86. The maximum Gasteiger partial charge on any atom is 0.343 e. The summed E-state index contributed by atoms with van der Waals surface area (Å²) >= 11 is 0. The standard InChI is InChI=1S/C30H22N2O5/c33-28-25-26(20-16-18-24(19-17-20)36-30(35)21-10-4-1-5-11-21)32(23-14-8-3-9-15-23)37-27(25)29(34)31(28)22-12-6-2-7-13-22/h1-19,25-27H/t25-,26-,27-/m1/s1. The van der Waals surface area contributed by atoms with E-state index in [4.69, 9.17) is 9.57 Å². The number of hydrogen-bond acceptors (Lipinski definition) is 6. The minimum absolute atomic E-state index is 0.316. The number of hydrogen-bond donors (Lipinski definition) is 0. The highest BCUT2D eigenvalue weighted by molar-refractivity contribution is 6.23. The lowest BCUT2D eigenvalue weighted by Gasteiger charge is -2.28. The number of imide groups is 1. The molecule has 0 unspecified atom stereocenters. The van der Waals surface area contributed by atoms with E-state index in [0.29, 0.717) is 17.0 Å². The summed E-state index contributed by atoms with van der Waals surface area (Å²) in [5.41, 5.74) is 2.45. The molecule has 0 bridgehead atoms. The predicted molar refractivity (Wildman–Crippen MR) is 137 cm³/mol. The molecule has 0 aromatic heterocycles. The molecule has 2 amide bonds. The second kappa shape index (κ2) is 9.37. The third-order valence-corrected chi connectivity index (χ3v) is 6.58. The van der Waals surface area contributed by atoms with Gasteiger partial charge in [0, 0.05) is 0 Å². The third-order valence-electron chi connectivity index (χ3n) is 6.58. The van der Waals surface area contributed by atoms with E-state index >= 15 is 0 Å². The number of nitrogens with zero attached hydrogens (tertiary/aromatic N) is 2. The smallest absolute Gasteiger partial charge is 0.343 e. The first-order valence-corrected chi connectivity index (χ1v) is 11.9. The van der Waals surface area contributed by atoms with Gasteiger partial charge in [-0.2, -0.15) is 0 Å². The summed E-state index contributed by atoms with van der Waals surface area (Å²) in [6.45, 7) is 0. The van der Waals surface area contributed by atoms with E-state index in [1.165, 1.54) is 4.90 Å². The van der Waals surface area contributed by atoms with Gasteiger partial charge in [-0.05, 0) is 54.1 Å². The van der Waals surface area contributed by atoms with Crippen LogP contribution in [-0.4, -0.2) is 23.9 Å². The summed E-state index contributed by atoms with van der Waals surface area (Å²) in [5, 5.41) is 1.64. The summed E-state index contributed by atoms with van der Waals surface area (Å²) < 4.78 is 5.52. The highest BCUT2D eigenvalue weighted by atomic mass is 16.7. The third kappa shape index (κ3) is 4.05. The van der Waals surface area contributed by atoms with Gasteiger partial charge in [-0.25, -0.2) is 14.8 Å². The van der Waals surface area contributed by atoms with Crippen molar-refractivity contribution in [1.82, 2.24) is 0 Å². The minimum atomic E-state index is -0.950. The lowest BCUT2D eigenvalue weighted by molar-refractivity contribution is -0.126. The highest BCUT2D eigenvalue weighted by Gasteiger charge is 2.60. The molecule has 3 atom stereocenters. The Hall–Kier alpha value is -4.75. The van der Waals surface area contributed by atoms with Gasteiger partial charge < -0.3 is 4.74 Å². The Morgan fingerprint density at radius 3 is 1.86 bits per heavy atom. The Labute approximate surface area is 213 Å². The van der Waals surface area contributed by atoms with Crippen LogP contribution in [0.2, 0.25) is 0 Å². The topological polar surface area (TPSA) is 76.2 Å². The molecule has 2 aliphatic heterocycles. The zero-order valence-electron chi connectivity index (χ0n) is 19.6. The minimum Gasteiger partial charge on any atom is -0.423 e. The Morgan fingerprint density at radius 2 is 1.24 bits per heavy atom. The van der Waals surface area contributed by atoms with E-state index in [2.05, 4.69) is 0 Å². The summed E-state index contributed by atoms with van der Waals surface area (Å²) in [5.74, 6) is -1.54. The number of anilines is 2. The Morgan fingerprint density at radius 1 is 0.676 bits per heavy atom. The number of amides is 2. The van der Waals surface area contributed by atoms with Gasteiger partial charge in [0.2, 0.25) is 5.91 Å². The van der Waals surface area contributed by atoms with Gasteiger partial charge in [0.05, 0.1) is 23.0 Å². The van der Waals surface area contributed by atoms with Crippen molar-refractivity contribution in [3.8, 4) is 5.75 Å². The maximum atomic E-state index is 13.7. The summed E-state index contributed by atoms with van der Waals surface area (Å²) in [7, 11) is 0. The zero-order valence-corrected chi connectivity index (χ0v) is 19.6. The van der Waals surface area contributed by atoms with Gasteiger partial charge in [0.1, 0.15) is 11.7 Å².